The highest BCUT2D eigenvalue weighted by molar-refractivity contribution is 7.86. The van der Waals surface area contributed by atoms with Crippen LogP contribution in [0.3, 0.4) is 0 Å². The van der Waals surface area contributed by atoms with Crippen LogP contribution in [-0.2, 0) is 19.2 Å². The van der Waals surface area contributed by atoms with Crippen LogP contribution in [0.1, 0.15) is 85.0 Å². The van der Waals surface area contributed by atoms with Crippen molar-refractivity contribution in [3.05, 3.63) is 0 Å². The number of nitrogens with zero attached hydrogens (tertiary/aromatic N) is 3. The molecule has 2 bridgehead atoms. The molecule has 2 atom stereocenters. The van der Waals surface area contributed by atoms with Crippen molar-refractivity contribution >= 4 is 22.1 Å². The molecule has 9 nitrogen and oxygen atoms in total. The number of rotatable bonds is 17. The maximum atomic E-state index is 12.6. The van der Waals surface area contributed by atoms with Gasteiger partial charge in [0, 0.05) is 6.54 Å². The van der Waals surface area contributed by atoms with Crippen LogP contribution in [0, 0.1) is 0 Å². The number of piperidine rings is 1. The van der Waals surface area contributed by atoms with E-state index in [1.165, 1.54) is 43.4 Å². The summed E-state index contributed by atoms with van der Waals surface area (Å²) in [7, 11) is -3.89. The van der Waals surface area contributed by atoms with Gasteiger partial charge in [-0.15, -0.1) is 4.28 Å². The van der Waals surface area contributed by atoms with Crippen LogP contribution in [-0.4, -0.2) is 85.4 Å². The molecule has 0 aromatic carbocycles. The van der Waals surface area contributed by atoms with Crippen LogP contribution < -0.4 is 5.73 Å². The molecular weight excluding hydrogens is 444 g/mol. The molecule has 2 aliphatic heterocycles. The van der Waals surface area contributed by atoms with Crippen molar-refractivity contribution in [2.24, 2.45) is 5.73 Å². The molecule has 33 heavy (non-hydrogen) atoms. The van der Waals surface area contributed by atoms with Crippen molar-refractivity contribution in [3.8, 4) is 0 Å². The minimum atomic E-state index is -3.89. The largest absolute Gasteiger partial charge is 0.368 e. The van der Waals surface area contributed by atoms with Gasteiger partial charge in [-0.25, -0.2) is 4.79 Å². The number of hydrogen-bond donors (Lipinski definition) is 1. The van der Waals surface area contributed by atoms with Crippen LogP contribution in [0.2, 0.25) is 0 Å². The quantitative estimate of drug-likeness (QED) is 0.249. The molecule has 0 spiro atoms. The molecule has 0 saturated carbocycles. The molecule has 0 aromatic rings. The fourth-order valence-electron chi connectivity index (χ4n) is 5.06. The molecule has 192 valence electrons. The maximum Gasteiger partial charge on any atom is 0.346 e. The lowest BCUT2D eigenvalue weighted by Crippen LogP contribution is -2.50. The number of primary amides is 1. The highest BCUT2D eigenvalue weighted by atomic mass is 32.2. The molecule has 0 radical (unpaired) electrons. The van der Waals surface area contributed by atoms with Gasteiger partial charge >= 0.3 is 6.03 Å². The molecule has 0 unspecified atom stereocenters. The Balaban J connectivity index is 1.90. The Hall–Kier alpha value is -1.39. The summed E-state index contributed by atoms with van der Waals surface area (Å²) in [5, 5.41) is 0.947. The van der Waals surface area contributed by atoms with E-state index in [-0.39, 0.29) is 18.3 Å². The van der Waals surface area contributed by atoms with Crippen LogP contribution in [0.4, 0.5) is 4.79 Å². The van der Waals surface area contributed by atoms with Gasteiger partial charge in [0.2, 0.25) is 5.91 Å². The Labute approximate surface area is 200 Å². The Morgan fingerprint density at radius 1 is 0.970 bits per heavy atom. The highest BCUT2D eigenvalue weighted by Crippen LogP contribution is 2.30. The number of hydrogen-bond acceptors (Lipinski definition) is 5. The smallest absolute Gasteiger partial charge is 0.346 e. The first-order valence-corrected chi connectivity index (χ1v) is 14.4. The van der Waals surface area contributed by atoms with Crippen molar-refractivity contribution in [1.82, 2.24) is 9.96 Å². The number of carbonyl (C=O) groups excluding carboxylic acids is 2. The van der Waals surface area contributed by atoms with Gasteiger partial charge in [0.1, 0.15) is 6.04 Å². The average Bonchev–Trinajstić information content (AvgIpc) is 3.01. The van der Waals surface area contributed by atoms with Crippen molar-refractivity contribution in [2.45, 2.75) is 97.1 Å². The number of fused-ring (bicyclic) bond motifs is 2. The van der Waals surface area contributed by atoms with Crippen molar-refractivity contribution < 1.29 is 26.8 Å². The Morgan fingerprint density at radius 2 is 1.52 bits per heavy atom. The van der Waals surface area contributed by atoms with Gasteiger partial charge in [0.05, 0.1) is 38.0 Å². The third-order valence-electron chi connectivity index (χ3n) is 7.08. The molecule has 2 saturated heterocycles. The highest BCUT2D eigenvalue weighted by Gasteiger charge is 2.48. The molecule has 0 aromatic heterocycles. The summed E-state index contributed by atoms with van der Waals surface area (Å²) in [5.74, 6) is -0.680. The second-order valence-electron chi connectivity index (χ2n) is 9.75. The van der Waals surface area contributed by atoms with E-state index in [1.54, 1.807) is 0 Å². The number of hydroxylamine groups is 2. The second kappa shape index (κ2) is 12.9. The van der Waals surface area contributed by atoms with Crippen molar-refractivity contribution in [1.29, 1.82) is 0 Å². The summed E-state index contributed by atoms with van der Waals surface area (Å²) < 4.78 is 31.6. The number of unbranched alkanes of at least 4 members (excludes halogenated alkanes) is 4. The van der Waals surface area contributed by atoms with Gasteiger partial charge in [-0.3, -0.25) is 4.79 Å². The van der Waals surface area contributed by atoms with Gasteiger partial charge < -0.3 is 15.1 Å². The summed E-state index contributed by atoms with van der Waals surface area (Å²) in [4.78, 5) is 25.5. The summed E-state index contributed by atoms with van der Waals surface area (Å²) in [6.45, 7) is 11.4. The standard InChI is InChI=1S/C23H44N4O5S/c1-4-7-14-27(15-8-5-2,16-9-6-3)17-10-11-18-33(30,31)32-26-20-12-13-21(22(24)28)25(19-20)23(26)29/h20-21H,4-19H2,1-3H3,(H-,24,28)/p+1/t20-,21+/m1/s1. The first-order chi connectivity index (χ1) is 15.7. The molecule has 2 rings (SSSR count). The monoisotopic (exact) mass is 489 g/mol. The molecule has 10 heteroatoms. The summed E-state index contributed by atoms with van der Waals surface area (Å²) in [6.07, 6.45) is 9.32. The van der Waals surface area contributed by atoms with Gasteiger partial charge in [-0.2, -0.15) is 13.5 Å². The average molecular weight is 490 g/mol. The normalized spacial score (nSPS) is 21.1. The summed E-state index contributed by atoms with van der Waals surface area (Å²) in [6, 6.07) is -1.63. The van der Waals surface area contributed by atoms with Gasteiger partial charge in [-0.1, -0.05) is 40.0 Å². The minimum absolute atomic E-state index is 0.113. The van der Waals surface area contributed by atoms with Gasteiger partial charge in [0.15, 0.2) is 0 Å². The van der Waals surface area contributed by atoms with E-state index < -0.39 is 28.1 Å². The van der Waals surface area contributed by atoms with Crippen molar-refractivity contribution in [2.75, 3.05) is 38.5 Å². The second-order valence-corrected chi connectivity index (χ2v) is 11.4. The van der Waals surface area contributed by atoms with Crippen LogP contribution in [0.5, 0.6) is 0 Å². The molecule has 3 amide bonds. The van der Waals surface area contributed by atoms with Crippen LogP contribution in [0.15, 0.2) is 0 Å². The number of quaternary nitrogens is 1. The number of carbonyl (C=O) groups is 2. The lowest BCUT2D eigenvalue weighted by Gasteiger charge is -2.39. The van der Waals surface area contributed by atoms with Crippen LogP contribution in [0.25, 0.3) is 0 Å². The van der Waals surface area contributed by atoms with Crippen LogP contribution >= 0.6 is 0 Å². The predicted octanol–water partition coefficient (Wildman–Crippen LogP) is 3.00. The zero-order chi connectivity index (χ0) is 24.5. The van der Waals surface area contributed by atoms with E-state index in [4.69, 9.17) is 10.0 Å². The number of urea groups is 1. The Morgan fingerprint density at radius 3 is 2.03 bits per heavy atom. The summed E-state index contributed by atoms with van der Waals surface area (Å²) in [5.41, 5.74) is 5.38. The zero-order valence-corrected chi connectivity index (χ0v) is 21.7. The molecule has 0 aliphatic carbocycles. The molecule has 2 aliphatic rings. The lowest BCUT2D eigenvalue weighted by molar-refractivity contribution is -0.929. The third-order valence-corrected chi connectivity index (χ3v) is 8.26. The molecule has 2 N–H and O–H groups in total. The third kappa shape index (κ3) is 7.82. The first-order valence-electron chi connectivity index (χ1n) is 12.8. The Kier molecular flexibility index (Phi) is 10.9. The van der Waals surface area contributed by atoms with Gasteiger partial charge in [-0.05, 0) is 44.9 Å². The molecular formula is C23H45N4O5S+. The number of nitrogens with two attached hydrogens (primary N) is 1. The van der Waals surface area contributed by atoms with E-state index in [0.29, 0.717) is 19.3 Å². The lowest BCUT2D eigenvalue weighted by atomic mass is 10.0. The maximum absolute atomic E-state index is 12.6. The van der Waals surface area contributed by atoms with E-state index in [0.717, 1.165) is 42.1 Å². The van der Waals surface area contributed by atoms with E-state index in [2.05, 4.69) is 20.8 Å². The van der Waals surface area contributed by atoms with E-state index >= 15 is 0 Å². The predicted molar refractivity (Wildman–Crippen MR) is 129 cm³/mol. The zero-order valence-electron chi connectivity index (χ0n) is 20.8. The molecule has 2 heterocycles. The van der Waals surface area contributed by atoms with E-state index in [1.807, 2.05) is 0 Å². The fraction of sp³-hybridized carbons (Fsp3) is 0.913. The van der Waals surface area contributed by atoms with Gasteiger partial charge in [0.25, 0.3) is 10.1 Å². The molecule has 2 fully saturated rings. The minimum Gasteiger partial charge on any atom is -0.368 e. The first kappa shape index (κ1) is 27.9. The fourth-order valence-corrected chi connectivity index (χ4v) is 6.13. The number of amides is 3. The van der Waals surface area contributed by atoms with Crippen molar-refractivity contribution in [3.63, 3.8) is 0 Å². The summed E-state index contributed by atoms with van der Waals surface area (Å²) >= 11 is 0. The SMILES string of the molecule is CCCC[N+](CCCC)(CCCC)CCCCS(=O)(=O)ON1C(=O)N2C[C@H]1CC[C@H]2C(N)=O. The van der Waals surface area contributed by atoms with E-state index in [9.17, 15) is 18.0 Å². The topological polar surface area (TPSA) is 110 Å². The Bertz CT molecular complexity index is 723.